The maximum absolute atomic E-state index is 5.54. The molecular formula is C10H7Br2IN4. The summed E-state index contributed by atoms with van der Waals surface area (Å²) < 4.78 is 2.94. The molecule has 17 heavy (non-hydrogen) atoms. The van der Waals surface area contributed by atoms with Crippen molar-refractivity contribution in [3.05, 3.63) is 36.9 Å². The van der Waals surface area contributed by atoms with E-state index in [1.165, 1.54) is 0 Å². The molecule has 0 fully saturated rings. The Morgan fingerprint density at radius 3 is 2.71 bits per heavy atom. The zero-order valence-corrected chi connectivity index (χ0v) is 13.7. The van der Waals surface area contributed by atoms with Gasteiger partial charge in [-0.3, -0.25) is 0 Å². The van der Waals surface area contributed by atoms with E-state index in [-0.39, 0.29) is 5.95 Å². The zero-order chi connectivity index (χ0) is 12.4. The first-order chi connectivity index (χ1) is 8.06. The van der Waals surface area contributed by atoms with E-state index < -0.39 is 0 Å². The number of aromatic nitrogens is 2. The van der Waals surface area contributed by atoms with Gasteiger partial charge in [0, 0.05) is 19.9 Å². The number of hydrogen-bond acceptors (Lipinski definition) is 4. The van der Waals surface area contributed by atoms with Crippen LogP contribution in [-0.2, 0) is 0 Å². The molecule has 4 nitrogen and oxygen atoms in total. The van der Waals surface area contributed by atoms with Crippen molar-refractivity contribution in [3.63, 3.8) is 0 Å². The van der Waals surface area contributed by atoms with E-state index in [0.29, 0.717) is 5.82 Å². The molecule has 0 unspecified atom stereocenters. The maximum Gasteiger partial charge on any atom is 0.222 e. The largest absolute Gasteiger partial charge is 0.368 e. The third-order valence-electron chi connectivity index (χ3n) is 1.95. The molecule has 7 heteroatoms. The average Bonchev–Trinajstić information content (AvgIpc) is 2.29. The minimum absolute atomic E-state index is 0.238. The lowest BCUT2D eigenvalue weighted by Gasteiger charge is -2.08. The summed E-state index contributed by atoms with van der Waals surface area (Å²) in [6.45, 7) is 0. The van der Waals surface area contributed by atoms with E-state index in [4.69, 9.17) is 5.73 Å². The molecule has 88 valence electrons. The summed E-state index contributed by atoms with van der Waals surface area (Å²) in [4.78, 5) is 8.00. The van der Waals surface area contributed by atoms with Crippen molar-refractivity contribution in [1.82, 2.24) is 9.97 Å². The summed E-state index contributed by atoms with van der Waals surface area (Å²) in [6.07, 6.45) is 1.62. The Hall–Kier alpha value is -0.410. The van der Waals surface area contributed by atoms with E-state index in [0.717, 1.165) is 18.2 Å². The fourth-order valence-electron chi connectivity index (χ4n) is 1.18. The smallest absolute Gasteiger partial charge is 0.222 e. The van der Waals surface area contributed by atoms with Crippen molar-refractivity contribution in [2.75, 3.05) is 11.1 Å². The second-order valence-corrected chi connectivity index (χ2v) is 6.05. The van der Waals surface area contributed by atoms with Crippen LogP contribution < -0.4 is 11.1 Å². The Morgan fingerprint density at radius 1 is 1.24 bits per heavy atom. The van der Waals surface area contributed by atoms with Crippen LogP contribution in [0.1, 0.15) is 0 Å². The van der Waals surface area contributed by atoms with Crippen LogP contribution in [0.4, 0.5) is 17.5 Å². The lowest BCUT2D eigenvalue weighted by atomic mass is 10.3. The van der Waals surface area contributed by atoms with Crippen LogP contribution in [0.15, 0.2) is 33.3 Å². The van der Waals surface area contributed by atoms with Gasteiger partial charge in [-0.15, -0.1) is 0 Å². The molecule has 0 spiro atoms. The number of nitrogens with one attached hydrogen (secondary N) is 1. The first-order valence-electron chi connectivity index (χ1n) is 4.56. The highest BCUT2D eigenvalue weighted by molar-refractivity contribution is 14.1. The van der Waals surface area contributed by atoms with Gasteiger partial charge in [-0.2, -0.15) is 4.98 Å². The number of nitrogens with zero attached hydrogens (tertiary/aromatic N) is 2. The van der Waals surface area contributed by atoms with Crippen LogP contribution in [-0.4, -0.2) is 9.97 Å². The number of halogens is 3. The van der Waals surface area contributed by atoms with Crippen LogP contribution in [0.5, 0.6) is 0 Å². The molecule has 0 aliphatic carbocycles. The molecule has 2 rings (SSSR count). The van der Waals surface area contributed by atoms with E-state index in [9.17, 15) is 0 Å². The van der Waals surface area contributed by atoms with Gasteiger partial charge in [0.2, 0.25) is 5.95 Å². The normalized spacial score (nSPS) is 10.3. The predicted molar refractivity (Wildman–Crippen MR) is 84.3 cm³/mol. The van der Waals surface area contributed by atoms with Crippen LogP contribution in [0, 0.1) is 3.57 Å². The molecular weight excluding hydrogens is 463 g/mol. The van der Waals surface area contributed by atoms with Gasteiger partial charge < -0.3 is 11.1 Å². The highest BCUT2D eigenvalue weighted by Gasteiger charge is 2.05. The number of benzene rings is 1. The van der Waals surface area contributed by atoms with Gasteiger partial charge in [0.25, 0.3) is 0 Å². The summed E-state index contributed by atoms with van der Waals surface area (Å²) in [7, 11) is 0. The number of rotatable bonds is 2. The Morgan fingerprint density at radius 2 is 2.00 bits per heavy atom. The lowest BCUT2D eigenvalue weighted by Crippen LogP contribution is -2.00. The van der Waals surface area contributed by atoms with Crippen LogP contribution in [0.3, 0.4) is 0 Å². The number of nitrogen functional groups attached to an aromatic ring is 1. The Kier molecular flexibility index (Phi) is 4.21. The summed E-state index contributed by atoms with van der Waals surface area (Å²) in [6, 6.07) is 5.94. The molecule has 1 aromatic heterocycles. The number of nitrogens with two attached hydrogens (primary N) is 1. The van der Waals surface area contributed by atoms with Crippen molar-refractivity contribution in [2.24, 2.45) is 0 Å². The van der Waals surface area contributed by atoms with Gasteiger partial charge in [0.15, 0.2) is 0 Å². The van der Waals surface area contributed by atoms with Gasteiger partial charge in [0.05, 0.1) is 4.47 Å². The summed E-state index contributed by atoms with van der Waals surface area (Å²) in [5.74, 6) is 0.887. The molecule has 3 N–H and O–H groups in total. The minimum Gasteiger partial charge on any atom is -0.368 e. The second-order valence-electron chi connectivity index (χ2n) is 3.18. The fourth-order valence-corrected chi connectivity index (χ4v) is 2.23. The van der Waals surface area contributed by atoms with Gasteiger partial charge in [0.1, 0.15) is 5.82 Å². The third kappa shape index (κ3) is 3.29. The van der Waals surface area contributed by atoms with Crippen molar-refractivity contribution < 1.29 is 0 Å². The summed E-state index contributed by atoms with van der Waals surface area (Å²) >= 11 is 9.07. The molecule has 0 aliphatic rings. The molecule has 0 atom stereocenters. The van der Waals surface area contributed by atoms with Gasteiger partial charge in [-0.1, -0.05) is 0 Å². The average molecular weight is 470 g/mol. The highest BCUT2D eigenvalue weighted by Crippen LogP contribution is 2.27. The molecule has 0 aliphatic heterocycles. The van der Waals surface area contributed by atoms with Gasteiger partial charge in [-0.25, -0.2) is 4.98 Å². The molecule has 2 aromatic rings. The summed E-state index contributed by atoms with van der Waals surface area (Å²) in [5.41, 5.74) is 6.48. The quantitative estimate of drug-likeness (QED) is 0.654. The second kappa shape index (κ2) is 5.49. The highest BCUT2D eigenvalue weighted by atomic mass is 127. The molecule has 0 saturated heterocycles. The summed E-state index contributed by atoms with van der Waals surface area (Å²) in [5, 5.41) is 3.18. The lowest BCUT2D eigenvalue weighted by molar-refractivity contribution is 1.17. The molecule has 0 bridgehead atoms. The fraction of sp³-hybridized carbons (Fsp3) is 0. The third-order valence-corrected chi connectivity index (χ3v) is 4.85. The van der Waals surface area contributed by atoms with Crippen molar-refractivity contribution in [1.29, 1.82) is 0 Å². The molecule has 0 amide bonds. The van der Waals surface area contributed by atoms with Crippen molar-refractivity contribution in [2.45, 2.75) is 0 Å². The van der Waals surface area contributed by atoms with Crippen LogP contribution >= 0.6 is 54.5 Å². The molecule has 1 aromatic carbocycles. The van der Waals surface area contributed by atoms with Crippen LogP contribution in [0.25, 0.3) is 0 Å². The SMILES string of the molecule is Nc1ncc(Br)c(Nc2ccc(Br)c(I)c2)n1. The predicted octanol–water partition coefficient (Wildman–Crippen LogP) is 3.93. The van der Waals surface area contributed by atoms with Gasteiger partial charge >= 0.3 is 0 Å². The Labute approximate surface area is 129 Å². The monoisotopic (exact) mass is 468 g/mol. The standard InChI is InChI=1S/C10H7Br2IN4/c11-6-2-1-5(3-8(6)13)16-9-7(12)4-15-10(14)17-9/h1-4H,(H3,14,15,16,17). The van der Waals surface area contributed by atoms with E-state index in [2.05, 4.69) is 69.7 Å². The van der Waals surface area contributed by atoms with E-state index in [1.807, 2.05) is 18.2 Å². The first kappa shape index (κ1) is 13.0. The van der Waals surface area contributed by atoms with E-state index in [1.54, 1.807) is 6.20 Å². The first-order valence-corrected chi connectivity index (χ1v) is 7.23. The van der Waals surface area contributed by atoms with Gasteiger partial charge in [-0.05, 0) is 72.6 Å². The molecule has 1 heterocycles. The zero-order valence-electron chi connectivity index (χ0n) is 8.42. The number of anilines is 3. The minimum atomic E-state index is 0.238. The Balaban J connectivity index is 2.31. The van der Waals surface area contributed by atoms with Crippen molar-refractivity contribution in [3.8, 4) is 0 Å². The molecule has 0 radical (unpaired) electrons. The Bertz CT molecular complexity index is 562. The maximum atomic E-state index is 5.54. The van der Waals surface area contributed by atoms with Crippen molar-refractivity contribution >= 4 is 71.9 Å². The molecule has 0 saturated carbocycles. The van der Waals surface area contributed by atoms with Crippen LogP contribution in [0.2, 0.25) is 0 Å². The topological polar surface area (TPSA) is 63.8 Å². The number of hydrogen-bond donors (Lipinski definition) is 2. The van der Waals surface area contributed by atoms with E-state index >= 15 is 0 Å².